The number of allylic oxidation sites excluding steroid dienone is 38. The van der Waals surface area contributed by atoms with Crippen LogP contribution in [0.4, 0.5) is 0 Å². The quantitative estimate of drug-likeness (QED) is 0.0449. The molecule has 0 aliphatic rings. The molecule has 0 fully saturated rings. The second-order valence-electron chi connectivity index (χ2n) is 32.6. The van der Waals surface area contributed by atoms with Gasteiger partial charge in [0.25, 0.3) is 0 Å². The predicted molar refractivity (Wildman–Crippen MR) is 470 cm³/mol. The fourth-order valence-corrected chi connectivity index (χ4v) is 13.2. The van der Waals surface area contributed by atoms with E-state index in [2.05, 4.69) is 265 Å². The van der Waals surface area contributed by atoms with Crippen molar-refractivity contribution in [3.05, 3.63) is 221 Å². The lowest BCUT2D eigenvalue weighted by Crippen LogP contribution is -2.17. The number of hydrogen-bond donors (Lipinski definition) is 0. The number of phosphoric ester groups is 1. The van der Waals surface area contributed by atoms with Crippen LogP contribution < -0.4 is 9.79 Å². The Bertz CT molecular complexity index is 3070. The molecular formula is C100H163O4P-2. The summed E-state index contributed by atoms with van der Waals surface area (Å²) in [5, 5.41) is 0. The molecule has 0 aliphatic carbocycles. The van der Waals surface area contributed by atoms with Crippen LogP contribution >= 0.6 is 7.82 Å². The maximum atomic E-state index is 10.6. The fourth-order valence-electron chi connectivity index (χ4n) is 12.8. The summed E-state index contributed by atoms with van der Waals surface area (Å²) in [6.07, 6.45) is 90.2. The van der Waals surface area contributed by atoms with Gasteiger partial charge in [-0.3, -0.25) is 0 Å². The number of hydrogen-bond acceptors (Lipinski definition) is 4. The molecule has 0 saturated heterocycles. The molecule has 4 nitrogen and oxygen atoms in total. The standard InChI is InChI=1S/C100H165O4P/c1-81(2)41-22-42-82(3)43-23-44-83(4)45-24-46-84(5)47-25-48-85(6)49-26-50-86(7)51-27-52-87(8)53-28-54-88(9)55-29-56-89(10)57-30-58-90(11)59-31-60-91(12)61-32-62-92(13)63-33-64-93(14)65-34-66-94(15)67-35-68-95(16)69-36-70-96(17)71-37-72-97(18)73-38-74-98(19)75-39-76-99(20)77-40-78-100(21)79-80-104-105(101,102)103/h41,43,45,47,49,51,53,55,57,59,61,63,65,67,69,71,73,75,77,100H,22-40,42,44,46,48,50,52,54,56,58,60,62,64,66,68,70,72,74,76,78-80H2,1-21H3,(H2,101,102,103)/p-2/b82-43+,83-45+,84-47-,85-49-,86-51-,87-53-,88-55-,89-57-,90-59-,91-61-,92-63-,93-65-,94-67-,95-69-,96-71-,97-73-,98-75-,99-77-. The van der Waals surface area contributed by atoms with E-state index in [-0.39, 0.29) is 6.61 Å². The van der Waals surface area contributed by atoms with Gasteiger partial charge in [-0.2, -0.15) is 0 Å². The summed E-state index contributed by atoms with van der Waals surface area (Å²) in [7, 11) is -4.86. The van der Waals surface area contributed by atoms with Crippen LogP contribution in [0.25, 0.3) is 0 Å². The zero-order chi connectivity index (χ0) is 78.5. The van der Waals surface area contributed by atoms with Crippen molar-refractivity contribution >= 4 is 7.82 Å². The highest BCUT2D eigenvalue weighted by molar-refractivity contribution is 7.43. The second kappa shape index (κ2) is 65.1. The molecule has 0 aromatic heterocycles. The van der Waals surface area contributed by atoms with E-state index in [1.807, 2.05) is 0 Å². The third-order valence-corrected chi connectivity index (χ3v) is 21.1. The average Bonchev–Trinajstić information content (AvgIpc) is 1.85. The molecule has 0 aromatic rings. The largest absolute Gasteiger partial charge is 0.790 e. The molecule has 0 spiro atoms. The third-order valence-electron chi connectivity index (χ3n) is 20.6. The minimum Gasteiger partial charge on any atom is -0.790 e. The van der Waals surface area contributed by atoms with Gasteiger partial charge < -0.3 is 18.9 Å². The topological polar surface area (TPSA) is 72.4 Å². The van der Waals surface area contributed by atoms with Crippen LogP contribution in [0, 0.1) is 5.92 Å². The van der Waals surface area contributed by atoms with Crippen molar-refractivity contribution in [1.82, 2.24) is 0 Å². The summed E-state index contributed by atoms with van der Waals surface area (Å²) in [5.74, 6) is 0.316. The van der Waals surface area contributed by atoms with Crippen LogP contribution in [0.5, 0.6) is 0 Å². The first-order valence-corrected chi connectivity index (χ1v) is 43.5. The van der Waals surface area contributed by atoms with Crippen molar-refractivity contribution in [1.29, 1.82) is 0 Å². The normalized spacial score (nSPS) is 15.5. The van der Waals surface area contributed by atoms with Gasteiger partial charge in [0.05, 0.1) is 14.4 Å². The highest BCUT2D eigenvalue weighted by Crippen LogP contribution is 2.27. The molecule has 594 valence electrons. The minimum atomic E-state index is -4.86. The SMILES string of the molecule is CC(C)=CCC/C(C)=C/CC/C(C)=C/CC/C(C)=C\CC/C(C)=C\CC/C(C)=C\CC/C(C)=C\CC/C(C)=C\CC/C(C)=C\CC/C(C)=C\CC/C(C)=C\CC/C(C)=C\CC/C(C)=C\CC/C(C)=C\CC/C(C)=C\CC/C(C)=C\CC/C(C)=C\CC/C(C)=C\CC/C(C)=C\CCC(C)CCOP(=O)([O-])[O-]. The molecule has 1 atom stereocenters. The highest BCUT2D eigenvalue weighted by atomic mass is 31.2. The van der Waals surface area contributed by atoms with E-state index in [0.717, 1.165) is 199 Å². The summed E-state index contributed by atoms with van der Waals surface area (Å²) in [5.41, 5.74) is 28.6. The zero-order valence-electron chi connectivity index (χ0n) is 72.4. The van der Waals surface area contributed by atoms with Crippen molar-refractivity contribution in [3.8, 4) is 0 Å². The molecular weight excluding hydrogens is 1300 g/mol. The van der Waals surface area contributed by atoms with E-state index in [1.165, 1.54) is 151 Å². The van der Waals surface area contributed by atoms with Crippen molar-refractivity contribution < 1.29 is 18.9 Å². The second-order valence-corrected chi connectivity index (χ2v) is 33.8. The van der Waals surface area contributed by atoms with Crippen LogP contribution in [-0.2, 0) is 9.09 Å². The summed E-state index contributed by atoms with van der Waals surface area (Å²) >= 11 is 0. The predicted octanol–water partition coefficient (Wildman–Crippen LogP) is 32.7. The van der Waals surface area contributed by atoms with Gasteiger partial charge in [-0.15, -0.1) is 0 Å². The molecule has 1 unspecified atom stereocenters. The van der Waals surface area contributed by atoms with E-state index < -0.39 is 7.82 Å². The van der Waals surface area contributed by atoms with E-state index >= 15 is 0 Å². The fraction of sp³-hybridized carbons (Fsp3) is 0.620. The number of rotatable bonds is 61. The summed E-state index contributed by atoms with van der Waals surface area (Å²) < 4.78 is 15.0. The average molecular weight is 1460 g/mol. The zero-order valence-corrected chi connectivity index (χ0v) is 73.3. The first-order chi connectivity index (χ1) is 49.9. The molecule has 0 rings (SSSR count). The van der Waals surface area contributed by atoms with Gasteiger partial charge in [-0.05, 0) is 395 Å². The van der Waals surface area contributed by atoms with Gasteiger partial charge in [0.15, 0.2) is 0 Å². The Morgan fingerprint density at radius 3 is 0.467 bits per heavy atom. The van der Waals surface area contributed by atoms with Gasteiger partial charge in [-0.1, -0.05) is 228 Å². The summed E-state index contributed by atoms with van der Waals surface area (Å²) in [6.45, 7) is 47.8. The van der Waals surface area contributed by atoms with Gasteiger partial charge in [-0.25, -0.2) is 0 Å². The van der Waals surface area contributed by atoms with Crippen molar-refractivity contribution in [3.63, 3.8) is 0 Å². The number of phosphoric acid groups is 1. The lowest BCUT2D eigenvalue weighted by Gasteiger charge is -2.29. The molecule has 5 heteroatoms. The highest BCUT2D eigenvalue weighted by Gasteiger charge is 2.05. The molecule has 0 N–H and O–H groups in total. The van der Waals surface area contributed by atoms with Gasteiger partial charge in [0, 0.05) is 0 Å². The maximum Gasteiger partial charge on any atom is 0.0596 e. The van der Waals surface area contributed by atoms with Crippen molar-refractivity contribution in [2.24, 2.45) is 5.92 Å². The lowest BCUT2D eigenvalue weighted by atomic mass is 10.0. The Hall–Kier alpha value is -4.83. The summed E-state index contributed by atoms with van der Waals surface area (Å²) in [6, 6.07) is 0. The van der Waals surface area contributed by atoms with Gasteiger partial charge >= 0.3 is 0 Å². The monoisotopic (exact) mass is 1460 g/mol. The molecule has 0 amide bonds. The van der Waals surface area contributed by atoms with E-state index in [1.54, 1.807) is 0 Å². The smallest absolute Gasteiger partial charge is 0.0596 e. The summed E-state index contributed by atoms with van der Waals surface area (Å²) in [4.78, 5) is 21.3. The van der Waals surface area contributed by atoms with Crippen LogP contribution in [0.15, 0.2) is 221 Å². The van der Waals surface area contributed by atoms with Crippen LogP contribution in [0.3, 0.4) is 0 Å². The first kappa shape index (κ1) is 100. The van der Waals surface area contributed by atoms with Crippen LogP contribution in [-0.4, -0.2) is 6.61 Å². The first-order valence-electron chi connectivity index (χ1n) is 42.0. The van der Waals surface area contributed by atoms with Gasteiger partial charge in [0.1, 0.15) is 0 Å². The minimum absolute atomic E-state index is 0.0206. The Labute approximate surface area is 652 Å². The molecule has 0 saturated carbocycles. The van der Waals surface area contributed by atoms with E-state index in [0.29, 0.717) is 12.3 Å². The molecule has 0 heterocycles. The van der Waals surface area contributed by atoms with Crippen molar-refractivity contribution in [2.75, 3.05) is 6.61 Å². The molecule has 0 aromatic carbocycles. The third kappa shape index (κ3) is 69.4. The van der Waals surface area contributed by atoms with E-state index in [9.17, 15) is 14.4 Å². The Balaban J connectivity index is 4.35. The Morgan fingerprint density at radius 2 is 0.343 bits per heavy atom. The maximum absolute atomic E-state index is 10.6. The molecule has 0 bridgehead atoms. The molecule has 0 aliphatic heterocycles. The Morgan fingerprint density at radius 1 is 0.219 bits per heavy atom. The van der Waals surface area contributed by atoms with Crippen LogP contribution in [0.1, 0.15) is 396 Å². The van der Waals surface area contributed by atoms with Crippen LogP contribution in [0.2, 0.25) is 0 Å². The van der Waals surface area contributed by atoms with Gasteiger partial charge in [0.2, 0.25) is 0 Å². The van der Waals surface area contributed by atoms with Crippen molar-refractivity contribution in [2.45, 2.75) is 396 Å². The molecule has 105 heavy (non-hydrogen) atoms. The van der Waals surface area contributed by atoms with E-state index in [4.69, 9.17) is 0 Å². The molecule has 0 radical (unpaired) electrons. The lowest BCUT2D eigenvalue weighted by molar-refractivity contribution is -0.341. The Kier molecular flexibility index (Phi) is 62.1.